The Morgan fingerprint density at radius 2 is 1.77 bits per heavy atom. The molecule has 3 aromatic rings. The van der Waals surface area contributed by atoms with Crippen LogP contribution in [0.3, 0.4) is 0 Å². The van der Waals surface area contributed by atoms with Crippen LogP contribution in [0.15, 0.2) is 60.9 Å². The number of para-hydroxylation sites is 1. The second-order valence-electron chi connectivity index (χ2n) is 7.71. The Morgan fingerprint density at radius 3 is 2.53 bits per heavy atom. The van der Waals surface area contributed by atoms with Crippen molar-refractivity contribution in [2.24, 2.45) is 0 Å². The second-order valence-corrected chi connectivity index (χ2v) is 7.71. The molecule has 2 aromatic carbocycles. The predicted octanol–water partition coefficient (Wildman–Crippen LogP) is 4.87. The highest BCUT2D eigenvalue weighted by molar-refractivity contribution is 6.05. The third-order valence-electron chi connectivity index (χ3n) is 5.72. The summed E-state index contributed by atoms with van der Waals surface area (Å²) in [6.45, 7) is 0. The SMILES string of the molecule is CN(c1cc(C(=O)Nc2ccccc2-c2ccc(O)cc2)ncn1)C1CCCCC1. The summed E-state index contributed by atoms with van der Waals surface area (Å²) in [5.74, 6) is 0.701. The molecule has 154 valence electrons. The summed E-state index contributed by atoms with van der Waals surface area (Å²) in [4.78, 5) is 23.7. The van der Waals surface area contributed by atoms with Gasteiger partial charge in [-0.25, -0.2) is 9.97 Å². The van der Waals surface area contributed by atoms with Crippen molar-refractivity contribution in [1.29, 1.82) is 0 Å². The largest absolute Gasteiger partial charge is 0.508 e. The average molecular weight is 402 g/mol. The number of aromatic hydroxyl groups is 1. The molecule has 1 fully saturated rings. The molecule has 0 radical (unpaired) electrons. The lowest BCUT2D eigenvalue weighted by Gasteiger charge is -2.32. The second kappa shape index (κ2) is 8.95. The van der Waals surface area contributed by atoms with Crippen molar-refractivity contribution >= 4 is 17.4 Å². The van der Waals surface area contributed by atoms with E-state index in [-0.39, 0.29) is 11.7 Å². The van der Waals surface area contributed by atoms with Gasteiger partial charge in [0.05, 0.1) is 0 Å². The van der Waals surface area contributed by atoms with E-state index in [0.29, 0.717) is 17.4 Å². The Balaban J connectivity index is 1.54. The van der Waals surface area contributed by atoms with E-state index in [2.05, 4.69) is 20.2 Å². The van der Waals surface area contributed by atoms with E-state index in [0.717, 1.165) is 29.8 Å². The fraction of sp³-hybridized carbons (Fsp3) is 0.292. The third kappa shape index (κ3) is 4.43. The summed E-state index contributed by atoms with van der Waals surface area (Å²) in [5.41, 5.74) is 2.81. The molecule has 0 aliphatic heterocycles. The topological polar surface area (TPSA) is 78.4 Å². The van der Waals surface area contributed by atoms with E-state index in [1.807, 2.05) is 43.4 Å². The van der Waals surface area contributed by atoms with Crippen LogP contribution in [-0.2, 0) is 0 Å². The molecule has 0 bridgehead atoms. The van der Waals surface area contributed by atoms with E-state index in [1.165, 1.54) is 25.6 Å². The van der Waals surface area contributed by atoms with Crippen LogP contribution < -0.4 is 10.2 Å². The Morgan fingerprint density at radius 1 is 1.03 bits per heavy atom. The number of carbonyl (C=O) groups is 1. The van der Waals surface area contributed by atoms with Crippen LogP contribution in [0.2, 0.25) is 0 Å². The van der Waals surface area contributed by atoms with Gasteiger partial charge in [-0.1, -0.05) is 49.6 Å². The lowest BCUT2D eigenvalue weighted by atomic mass is 9.94. The molecule has 0 spiro atoms. The lowest BCUT2D eigenvalue weighted by Crippen LogP contribution is -2.34. The number of phenols is 1. The first-order valence-electron chi connectivity index (χ1n) is 10.4. The molecule has 1 aliphatic rings. The molecule has 0 saturated heterocycles. The van der Waals surface area contributed by atoms with Gasteiger partial charge in [-0.2, -0.15) is 0 Å². The molecule has 6 nitrogen and oxygen atoms in total. The Kier molecular flexibility index (Phi) is 5.93. The van der Waals surface area contributed by atoms with Gasteiger partial charge in [-0.3, -0.25) is 4.79 Å². The van der Waals surface area contributed by atoms with Crippen LogP contribution >= 0.6 is 0 Å². The van der Waals surface area contributed by atoms with Gasteiger partial charge in [0.1, 0.15) is 23.6 Å². The maximum atomic E-state index is 12.9. The molecule has 1 amide bonds. The molecule has 2 N–H and O–H groups in total. The number of carbonyl (C=O) groups excluding carboxylic acids is 1. The first-order chi connectivity index (χ1) is 14.6. The van der Waals surface area contributed by atoms with Crippen molar-refractivity contribution in [2.75, 3.05) is 17.3 Å². The monoisotopic (exact) mass is 402 g/mol. The van der Waals surface area contributed by atoms with E-state index in [4.69, 9.17) is 0 Å². The number of phenolic OH excluding ortho intramolecular Hbond substituents is 1. The lowest BCUT2D eigenvalue weighted by molar-refractivity contribution is 0.102. The third-order valence-corrected chi connectivity index (χ3v) is 5.72. The number of aromatic nitrogens is 2. The summed E-state index contributed by atoms with van der Waals surface area (Å²) in [7, 11) is 2.04. The number of benzene rings is 2. The number of nitrogens with one attached hydrogen (secondary N) is 1. The van der Waals surface area contributed by atoms with Gasteiger partial charge in [0, 0.05) is 30.4 Å². The van der Waals surface area contributed by atoms with Crippen molar-refractivity contribution in [3.8, 4) is 16.9 Å². The van der Waals surface area contributed by atoms with Crippen LogP contribution in [0.4, 0.5) is 11.5 Å². The number of amides is 1. The molecule has 30 heavy (non-hydrogen) atoms. The number of hydrogen-bond donors (Lipinski definition) is 2. The smallest absolute Gasteiger partial charge is 0.274 e. The highest BCUT2D eigenvalue weighted by Crippen LogP contribution is 2.30. The van der Waals surface area contributed by atoms with Crippen molar-refractivity contribution in [3.63, 3.8) is 0 Å². The molecule has 0 unspecified atom stereocenters. The maximum Gasteiger partial charge on any atom is 0.274 e. The fourth-order valence-corrected chi connectivity index (χ4v) is 3.99. The highest BCUT2D eigenvalue weighted by atomic mass is 16.3. The van der Waals surface area contributed by atoms with Gasteiger partial charge >= 0.3 is 0 Å². The molecule has 1 aromatic heterocycles. The fourth-order valence-electron chi connectivity index (χ4n) is 3.99. The minimum Gasteiger partial charge on any atom is -0.508 e. The summed E-state index contributed by atoms with van der Waals surface area (Å²) in [6.07, 6.45) is 7.53. The molecule has 4 rings (SSSR count). The average Bonchev–Trinajstić information content (AvgIpc) is 2.80. The van der Waals surface area contributed by atoms with Gasteiger partial charge < -0.3 is 15.3 Å². The van der Waals surface area contributed by atoms with Crippen molar-refractivity contribution < 1.29 is 9.90 Å². The van der Waals surface area contributed by atoms with E-state index in [1.54, 1.807) is 18.2 Å². The summed E-state index contributed by atoms with van der Waals surface area (Å²) < 4.78 is 0. The summed E-state index contributed by atoms with van der Waals surface area (Å²) >= 11 is 0. The highest BCUT2D eigenvalue weighted by Gasteiger charge is 2.20. The van der Waals surface area contributed by atoms with Gasteiger partial charge in [-0.05, 0) is 36.6 Å². The quantitative estimate of drug-likeness (QED) is 0.637. The Hall–Kier alpha value is -3.41. The first-order valence-corrected chi connectivity index (χ1v) is 10.4. The van der Waals surface area contributed by atoms with Gasteiger partial charge in [-0.15, -0.1) is 0 Å². The van der Waals surface area contributed by atoms with Crippen molar-refractivity contribution in [2.45, 2.75) is 38.1 Å². The number of hydrogen-bond acceptors (Lipinski definition) is 5. The van der Waals surface area contributed by atoms with Crippen molar-refractivity contribution in [1.82, 2.24) is 9.97 Å². The van der Waals surface area contributed by atoms with Crippen LogP contribution in [0.25, 0.3) is 11.1 Å². The minimum atomic E-state index is -0.276. The minimum absolute atomic E-state index is 0.205. The Labute approximate surface area is 176 Å². The zero-order valence-corrected chi connectivity index (χ0v) is 17.1. The Bertz CT molecular complexity index is 1010. The van der Waals surface area contributed by atoms with Crippen LogP contribution in [0.5, 0.6) is 5.75 Å². The number of anilines is 2. The molecule has 1 saturated carbocycles. The van der Waals surface area contributed by atoms with E-state index < -0.39 is 0 Å². The van der Waals surface area contributed by atoms with Crippen LogP contribution in [0.1, 0.15) is 42.6 Å². The zero-order chi connectivity index (χ0) is 20.9. The van der Waals surface area contributed by atoms with Gasteiger partial charge in [0.2, 0.25) is 0 Å². The molecular weight excluding hydrogens is 376 g/mol. The maximum absolute atomic E-state index is 12.9. The summed E-state index contributed by atoms with van der Waals surface area (Å²) in [5, 5.41) is 12.5. The standard InChI is InChI=1S/C24H26N4O2/c1-28(18-7-3-2-4-8-18)23-15-22(25-16-26-23)24(30)27-21-10-6-5-9-20(21)17-11-13-19(29)14-12-17/h5-6,9-16,18,29H,2-4,7-8H2,1H3,(H,27,30). The van der Waals surface area contributed by atoms with E-state index >= 15 is 0 Å². The molecule has 1 aliphatic carbocycles. The molecule has 0 atom stereocenters. The van der Waals surface area contributed by atoms with Gasteiger partial charge in [0.25, 0.3) is 5.91 Å². The summed E-state index contributed by atoms with van der Waals surface area (Å²) in [6, 6.07) is 16.7. The molecule has 6 heteroatoms. The molecule has 1 heterocycles. The first kappa shape index (κ1) is 19.9. The zero-order valence-electron chi connectivity index (χ0n) is 17.1. The van der Waals surface area contributed by atoms with Crippen LogP contribution in [0, 0.1) is 0 Å². The number of rotatable bonds is 5. The molecular formula is C24H26N4O2. The normalized spacial score (nSPS) is 14.3. The van der Waals surface area contributed by atoms with E-state index in [9.17, 15) is 9.90 Å². The van der Waals surface area contributed by atoms with Crippen molar-refractivity contribution in [3.05, 3.63) is 66.6 Å². The number of nitrogens with zero attached hydrogens (tertiary/aromatic N) is 3. The predicted molar refractivity (Wildman–Crippen MR) is 119 cm³/mol. The van der Waals surface area contributed by atoms with Gasteiger partial charge in [0.15, 0.2) is 0 Å². The van der Waals surface area contributed by atoms with Crippen LogP contribution in [-0.4, -0.2) is 34.1 Å².